The summed E-state index contributed by atoms with van der Waals surface area (Å²) in [5.74, 6) is -0.429. The van der Waals surface area contributed by atoms with Crippen LogP contribution in [0.5, 0.6) is 0 Å². The van der Waals surface area contributed by atoms with Crippen molar-refractivity contribution in [3.63, 3.8) is 0 Å². The van der Waals surface area contributed by atoms with Crippen LogP contribution < -0.4 is 10.6 Å². The molecule has 1 aromatic rings. The molecule has 5 heteroatoms. The summed E-state index contributed by atoms with van der Waals surface area (Å²) in [6.45, 7) is 3.99. The highest BCUT2D eigenvalue weighted by molar-refractivity contribution is 5.96. The van der Waals surface area contributed by atoms with Gasteiger partial charge in [0.05, 0.1) is 18.8 Å². The van der Waals surface area contributed by atoms with E-state index < -0.39 is 5.97 Å². The lowest BCUT2D eigenvalue weighted by atomic mass is 10.1. The van der Waals surface area contributed by atoms with E-state index in [0.29, 0.717) is 17.9 Å². The van der Waals surface area contributed by atoms with Gasteiger partial charge in [-0.05, 0) is 32.0 Å². The number of ether oxygens (including phenoxy) is 1. The summed E-state index contributed by atoms with van der Waals surface area (Å²) >= 11 is 0. The SMILES string of the molecule is CCOC(=O)c1cc(N(C)C(C)CO)ccc1N. The molecular weight excluding hydrogens is 232 g/mol. The molecule has 0 aliphatic carbocycles. The smallest absolute Gasteiger partial charge is 0.340 e. The fourth-order valence-corrected chi connectivity index (χ4v) is 1.53. The first kappa shape index (κ1) is 14.3. The number of hydrogen-bond donors (Lipinski definition) is 2. The summed E-state index contributed by atoms with van der Waals surface area (Å²) in [7, 11) is 1.85. The summed E-state index contributed by atoms with van der Waals surface area (Å²) in [6, 6.07) is 5.12. The fourth-order valence-electron chi connectivity index (χ4n) is 1.53. The zero-order valence-corrected chi connectivity index (χ0v) is 11.0. The maximum absolute atomic E-state index is 11.7. The standard InChI is InChI=1S/C13H20N2O3/c1-4-18-13(17)11-7-10(5-6-12(11)14)15(3)9(2)8-16/h5-7,9,16H,4,8,14H2,1-3H3. The van der Waals surface area contributed by atoms with Crippen LogP contribution in [-0.2, 0) is 4.74 Å². The second-order valence-electron chi connectivity index (χ2n) is 4.13. The van der Waals surface area contributed by atoms with Crippen molar-refractivity contribution in [2.75, 3.05) is 30.9 Å². The van der Waals surface area contributed by atoms with Gasteiger partial charge in [-0.3, -0.25) is 0 Å². The number of nitrogens with two attached hydrogens (primary N) is 1. The molecule has 0 aliphatic rings. The van der Waals surface area contributed by atoms with Crippen molar-refractivity contribution in [1.82, 2.24) is 0 Å². The quantitative estimate of drug-likeness (QED) is 0.609. The largest absolute Gasteiger partial charge is 0.462 e. The van der Waals surface area contributed by atoms with Crippen LogP contribution in [0.15, 0.2) is 18.2 Å². The van der Waals surface area contributed by atoms with E-state index in [1.807, 2.05) is 24.9 Å². The van der Waals surface area contributed by atoms with Gasteiger partial charge >= 0.3 is 5.97 Å². The van der Waals surface area contributed by atoms with Gasteiger partial charge in [-0.25, -0.2) is 4.79 Å². The average molecular weight is 252 g/mol. The van der Waals surface area contributed by atoms with E-state index in [9.17, 15) is 4.79 Å². The predicted molar refractivity (Wildman–Crippen MR) is 71.8 cm³/mol. The van der Waals surface area contributed by atoms with E-state index in [2.05, 4.69) is 0 Å². The first-order chi connectivity index (χ1) is 8.51. The Morgan fingerprint density at radius 2 is 2.22 bits per heavy atom. The molecule has 1 aromatic carbocycles. The van der Waals surface area contributed by atoms with E-state index in [-0.39, 0.29) is 12.6 Å². The van der Waals surface area contributed by atoms with Gasteiger partial charge in [0.15, 0.2) is 0 Å². The topological polar surface area (TPSA) is 75.8 Å². The predicted octanol–water partition coefficient (Wildman–Crippen LogP) is 1.26. The molecule has 0 bridgehead atoms. The van der Waals surface area contributed by atoms with Gasteiger partial charge < -0.3 is 20.5 Å². The number of anilines is 2. The van der Waals surface area contributed by atoms with E-state index in [4.69, 9.17) is 15.6 Å². The minimum absolute atomic E-state index is 0.0373. The number of aliphatic hydroxyl groups excluding tert-OH is 1. The lowest BCUT2D eigenvalue weighted by Gasteiger charge is -2.26. The molecule has 0 aliphatic heterocycles. The molecule has 0 heterocycles. The van der Waals surface area contributed by atoms with E-state index in [0.717, 1.165) is 5.69 Å². The molecule has 3 N–H and O–H groups in total. The third-order valence-corrected chi connectivity index (χ3v) is 2.86. The Balaban J connectivity index is 3.03. The van der Waals surface area contributed by atoms with Crippen molar-refractivity contribution >= 4 is 17.3 Å². The number of likely N-dealkylation sites (N-methyl/N-ethyl adjacent to an activating group) is 1. The van der Waals surface area contributed by atoms with Crippen LogP contribution in [0.2, 0.25) is 0 Å². The van der Waals surface area contributed by atoms with Crippen LogP contribution in [0.4, 0.5) is 11.4 Å². The number of carbonyl (C=O) groups is 1. The van der Waals surface area contributed by atoms with Gasteiger partial charge in [0.1, 0.15) is 0 Å². The fraction of sp³-hybridized carbons (Fsp3) is 0.462. The van der Waals surface area contributed by atoms with Crippen molar-refractivity contribution < 1.29 is 14.6 Å². The van der Waals surface area contributed by atoms with Gasteiger partial charge in [0.25, 0.3) is 0 Å². The van der Waals surface area contributed by atoms with Crippen molar-refractivity contribution in [3.8, 4) is 0 Å². The van der Waals surface area contributed by atoms with Crippen LogP contribution in [0.25, 0.3) is 0 Å². The third kappa shape index (κ3) is 3.13. The maximum atomic E-state index is 11.7. The van der Waals surface area contributed by atoms with Crippen LogP contribution >= 0.6 is 0 Å². The first-order valence-electron chi connectivity index (χ1n) is 5.91. The molecule has 0 aromatic heterocycles. The Labute approximate surface area is 107 Å². The highest BCUT2D eigenvalue weighted by atomic mass is 16.5. The van der Waals surface area contributed by atoms with E-state index in [1.54, 1.807) is 19.1 Å². The molecule has 0 spiro atoms. The molecule has 100 valence electrons. The Kier molecular flexibility index (Phi) is 4.97. The zero-order chi connectivity index (χ0) is 13.7. The summed E-state index contributed by atoms with van der Waals surface area (Å²) in [4.78, 5) is 13.6. The van der Waals surface area contributed by atoms with Crippen LogP contribution in [0.1, 0.15) is 24.2 Å². The number of hydrogen-bond acceptors (Lipinski definition) is 5. The number of aliphatic hydroxyl groups is 1. The first-order valence-corrected chi connectivity index (χ1v) is 5.91. The minimum atomic E-state index is -0.429. The summed E-state index contributed by atoms with van der Waals surface area (Å²) < 4.78 is 4.94. The highest BCUT2D eigenvalue weighted by Gasteiger charge is 2.15. The van der Waals surface area contributed by atoms with E-state index in [1.165, 1.54) is 0 Å². The molecule has 0 fully saturated rings. The number of nitrogens with zero attached hydrogens (tertiary/aromatic N) is 1. The van der Waals surface area contributed by atoms with Gasteiger partial charge in [0, 0.05) is 24.5 Å². The summed E-state index contributed by atoms with van der Waals surface area (Å²) in [6.07, 6.45) is 0. The highest BCUT2D eigenvalue weighted by Crippen LogP contribution is 2.22. The molecule has 18 heavy (non-hydrogen) atoms. The molecule has 1 atom stereocenters. The number of rotatable bonds is 5. The lowest BCUT2D eigenvalue weighted by molar-refractivity contribution is 0.0527. The second kappa shape index (κ2) is 6.26. The van der Waals surface area contributed by atoms with Crippen LogP contribution in [0.3, 0.4) is 0 Å². The van der Waals surface area contributed by atoms with Gasteiger partial charge in [-0.2, -0.15) is 0 Å². The molecular formula is C13H20N2O3. The summed E-state index contributed by atoms with van der Waals surface area (Å²) in [5, 5.41) is 9.13. The molecule has 0 amide bonds. The average Bonchev–Trinajstić information content (AvgIpc) is 2.37. The minimum Gasteiger partial charge on any atom is -0.462 e. The van der Waals surface area contributed by atoms with Crippen molar-refractivity contribution in [2.45, 2.75) is 19.9 Å². The zero-order valence-electron chi connectivity index (χ0n) is 11.0. The number of nitrogen functional groups attached to an aromatic ring is 1. The monoisotopic (exact) mass is 252 g/mol. The van der Waals surface area contributed by atoms with Gasteiger partial charge in [-0.1, -0.05) is 0 Å². The normalized spacial score (nSPS) is 12.0. The van der Waals surface area contributed by atoms with Crippen molar-refractivity contribution in [3.05, 3.63) is 23.8 Å². The van der Waals surface area contributed by atoms with Crippen LogP contribution in [0, 0.1) is 0 Å². The Morgan fingerprint density at radius 3 is 2.78 bits per heavy atom. The Hall–Kier alpha value is -1.75. The third-order valence-electron chi connectivity index (χ3n) is 2.86. The van der Waals surface area contributed by atoms with Gasteiger partial charge in [-0.15, -0.1) is 0 Å². The molecule has 1 rings (SSSR count). The Morgan fingerprint density at radius 1 is 1.56 bits per heavy atom. The molecule has 5 nitrogen and oxygen atoms in total. The number of carbonyl (C=O) groups excluding carboxylic acids is 1. The van der Waals surface area contributed by atoms with Crippen LogP contribution in [-0.4, -0.2) is 37.4 Å². The van der Waals surface area contributed by atoms with Gasteiger partial charge in [0.2, 0.25) is 0 Å². The van der Waals surface area contributed by atoms with Crippen molar-refractivity contribution in [1.29, 1.82) is 0 Å². The molecule has 0 radical (unpaired) electrons. The Bertz CT molecular complexity index is 421. The summed E-state index contributed by atoms with van der Waals surface area (Å²) in [5.41, 5.74) is 7.32. The van der Waals surface area contributed by atoms with E-state index >= 15 is 0 Å². The molecule has 1 unspecified atom stereocenters. The lowest BCUT2D eigenvalue weighted by Crippen LogP contribution is -2.31. The number of benzene rings is 1. The second-order valence-corrected chi connectivity index (χ2v) is 4.13. The maximum Gasteiger partial charge on any atom is 0.340 e. The van der Waals surface area contributed by atoms with Crippen molar-refractivity contribution in [2.24, 2.45) is 0 Å². The molecule has 0 saturated carbocycles. The number of esters is 1. The molecule has 0 saturated heterocycles.